The van der Waals surface area contributed by atoms with Gasteiger partial charge in [-0.15, -0.1) is 0 Å². The number of ether oxygens (including phenoxy) is 1. The molecular formula is C10H18N2O2. The molecule has 4 nitrogen and oxygen atoms in total. The molecule has 2 N–H and O–H groups in total. The third-order valence-electron chi connectivity index (χ3n) is 3.14. The van der Waals surface area contributed by atoms with Crippen LogP contribution < -0.4 is 10.6 Å². The molecule has 2 aliphatic rings. The SMILES string of the molecule is COCC(=O)NC1CC2CNC(C2)C1. The van der Waals surface area contributed by atoms with Crippen LogP contribution in [0.3, 0.4) is 0 Å². The molecule has 1 amide bonds. The quantitative estimate of drug-likeness (QED) is 0.665. The van der Waals surface area contributed by atoms with Crippen molar-refractivity contribution in [1.29, 1.82) is 0 Å². The largest absolute Gasteiger partial charge is 0.375 e. The van der Waals surface area contributed by atoms with Gasteiger partial charge in [0.1, 0.15) is 6.61 Å². The van der Waals surface area contributed by atoms with E-state index in [1.165, 1.54) is 6.42 Å². The van der Waals surface area contributed by atoms with Gasteiger partial charge in [-0.25, -0.2) is 0 Å². The summed E-state index contributed by atoms with van der Waals surface area (Å²) < 4.78 is 4.79. The average molecular weight is 198 g/mol. The Balaban J connectivity index is 1.79. The Kier molecular flexibility index (Phi) is 3.03. The molecule has 0 aromatic rings. The van der Waals surface area contributed by atoms with Crippen LogP contribution in [-0.4, -0.2) is 38.3 Å². The number of nitrogens with one attached hydrogen (secondary N) is 2. The van der Waals surface area contributed by atoms with Crippen LogP contribution in [-0.2, 0) is 9.53 Å². The molecular weight excluding hydrogens is 180 g/mol. The van der Waals surface area contributed by atoms with Crippen LogP contribution in [0.25, 0.3) is 0 Å². The van der Waals surface area contributed by atoms with Crippen molar-refractivity contribution in [2.45, 2.75) is 31.3 Å². The molecule has 1 heterocycles. The number of amides is 1. The highest BCUT2D eigenvalue weighted by molar-refractivity contribution is 5.77. The second-order valence-corrected chi connectivity index (χ2v) is 4.38. The third kappa shape index (κ3) is 2.25. The molecule has 14 heavy (non-hydrogen) atoms. The zero-order valence-corrected chi connectivity index (χ0v) is 8.58. The minimum absolute atomic E-state index is 0.0128. The fourth-order valence-electron chi connectivity index (χ4n) is 2.62. The predicted octanol–water partition coefficient (Wildman–Crippen LogP) is -0.110. The van der Waals surface area contributed by atoms with Crippen LogP contribution in [0.2, 0.25) is 0 Å². The first-order chi connectivity index (χ1) is 6.78. The van der Waals surface area contributed by atoms with Crippen LogP contribution in [0, 0.1) is 5.92 Å². The summed E-state index contributed by atoms with van der Waals surface area (Å²) in [6, 6.07) is 0.984. The van der Waals surface area contributed by atoms with Crippen LogP contribution >= 0.6 is 0 Å². The van der Waals surface area contributed by atoms with Gasteiger partial charge in [0, 0.05) is 19.2 Å². The molecule has 2 rings (SSSR count). The highest BCUT2D eigenvalue weighted by atomic mass is 16.5. The number of methoxy groups -OCH3 is 1. The van der Waals surface area contributed by atoms with Crippen molar-refractivity contribution in [3.8, 4) is 0 Å². The molecule has 0 aromatic carbocycles. The summed E-state index contributed by atoms with van der Waals surface area (Å²) >= 11 is 0. The van der Waals surface area contributed by atoms with E-state index >= 15 is 0 Å². The molecule has 0 radical (unpaired) electrons. The summed E-state index contributed by atoms with van der Waals surface area (Å²) in [5.41, 5.74) is 0. The number of hydrogen-bond acceptors (Lipinski definition) is 3. The number of fused-ring (bicyclic) bond motifs is 2. The highest BCUT2D eigenvalue weighted by Crippen LogP contribution is 2.29. The standard InChI is InChI=1S/C10H18N2O2/c1-14-6-10(13)12-9-3-7-2-8(4-9)11-5-7/h7-9,11H,2-6H2,1H3,(H,12,13). The van der Waals surface area contributed by atoms with Crippen LogP contribution in [0.5, 0.6) is 0 Å². The van der Waals surface area contributed by atoms with Gasteiger partial charge in [0.05, 0.1) is 0 Å². The molecule has 80 valence electrons. The van der Waals surface area contributed by atoms with Crippen molar-refractivity contribution in [3.05, 3.63) is 0 Å². The number of carbonyl (C=O) groups is 1. The van der Waals surface area contributed by atoms with Gasteiger partial charge in [-0.1, -0.05) is 0 Å². The van der Waals surface area contributed by atoms with E-state index in [1.54, 1.807) is 7.11 Å². The first-order valence-electron chi connectivity index (χ1n) is 5.29. The van der Waals surface area contributed by atoms with E-state index in [0.29, 0.717) is 12.1 Å². The van der Waals surface area contributed by atoms with Gasteiger partial charge in [0.2, 0.25) is 5.91 Å². The lowest BCUT2D eigenvalue weighted by atomic mass is 9.86. The van der Waals surface area contributed by atoms with Crippen molar-refractivity contribution in [2.75, 3.05) is 20.3 Å². The van der Waals surface area contributed by atoms with E-state index in [2.05, 4.69) is 10.6 Å². The van der Waals surface area contributed by atoms with Crippen LogP contribution in [0.4, 0.5) is 0 Å². The van der Waals surface area contributed by atoms with Crippen molar-refractivity contribution >= 4 is 5.91 Å². The zero-order valence-electron chi connectivity index (χ0n) is 8.58. The Morgan fingerprint density at radius 3 is 3.07 bits per heavy atom. The maximum Gasteiger partial charge on any atom is 0.246 e. The second-order valence-electron chi connectivity index (χ2n) is 4.38. The molecule has 0 aromatic heterocycles. The fourth-order valence-corrected chi connectivity index (χ4v) is 2.62. The summed E-state index contributed by atoms with van der Waals surface area (Å²) in [6.07, 6.45) is 3.49. The smallest absolute Gasteiger partial charge is 0.246 e. The maximum absolute atomic E-state index is 11.3. The Morgan fingerprint density at radius 2 is 2.36 bits per heavy atom. The lowest BCUT2D eigenvalue weighted by molar-refractivity contribution is -0.125. The summed E-state index contributed by atoms with van der Waals surface area (Å²) in [5, 5.41) is 6.49. The molecule has 0 spiro atoms. The van der Waals surface area contributed by atoms with Crippen LogP contribution in [0.1, 0.15) is 19.3 Å². The molecule has 2 bridgehead atoms. The van der Waals surface area contributed by atoms with E-state index in [9.17, 15) is 4.79 Å². The van der Waals surface area contributed by atoms with Gasteiger partial charge in [-0.3, -0.25) is 4.79 Å². The lowest BCUT2D eigenvalue weighted by Crippen LogP contribution is -2.42. The fraction of sp³-hybridized carbons (Fsp3) is 0.900. The molecule has 1 saturated heterocycles. The van der Waals surface area contributed by atoms with Crippen molar-refractivity contribution in [3.63, 3.8) is 0 Å². The molecule has 3 atom stereocenters. The molecule has 3 unspecified atom stereocenters. The van der Waals surface area contributed by atoms with E-state index in [0.717, 1.165) is 25.3 Å². The molecule has 2 fully saturated rings. The first kappa shape index (κ1) is 9.93. The molecule has 4 heteroatoms. The minimum atomic E-state index is 0.0128. The normalized spacial score (nSPS) is 35.6. The lowest BCUT2D eigenvalue weighted by Gasteiger charge is -2.27. The number of hydrogen-bond donors (Lipinski definition) is 2. The molecule has 1 aliphatic heterocycles. The Labute approximate surface area is 84.4 Å². The van der Waals surface area contributed by atoms with Crippen molar-refractivity contribution in [1.82, 2.24) is 10.6 Å². The van der Waals surface area contributed by atoms with Crippen LogP contribution in [0.15, 0.2) is 0 Å². The van der Waals surface area contributed by atoms with E-state index in [1.807, 2.05) is 0 Å². The average Bonchev–Trinajstić information content (AvgIpc) is 2.46. The molecule has 1 aliphatic carbocycles. The Morgan fingerprint density at radius 1 is 1.50 bits per heavy atom. The van der Waals surface area contributed by atoms with Gasteiger partial charge in [0.25, 0.3) is 0 Å². The minimum Gasteiger partial charge on any atom is -0.375 e. The highest BCUT2D eigenvalue weighted by Gasteiger charge is 2.34. The van der Waals surface area contributed by atoms with E-state index < -0.39 is 0 Å². The summed E-state index contributed by atoms with van der Waals surface area (Å²) in [4.78, 5) is 11.3. The summed E-state index contributed by atoms with van der Waals surface area (Å²) in [6.45, 7) is 1.31. The van der Waals surface area contributed by atoms with E-state index in [-0.39, 0.29) is 12.5 Å². The number of rotatable bonds is 3. The monoisotopic (exact) mass is 198 g/mol. The van der Waals surface area contributed by atoms with Gasteiger partial charge in [-0.2, -0.15) is 0 Å². The van der Waals surface area contributed by atoms with Gasteiger partial charge in [-0.05, 0) is 31.7 Å². The Bertz CT molecular complexity index is 208. The van der Waals surface area contributed by atoms with Crippen molar-refractivity contribution in [2.24, 2.45) is 5.92 Å². The van der Waals surface area contributed by atoms with Crippen molar-refractivity contribution < 1.29 is 9.53 Å². The third-order valence-corrected chi connectivity index (χ3v) is 3.14. The maximum atomic E-state index is 11.3. The second kappa shape index (κ2) is 4.28. The van der Waals surface area contributed by atoms with E-state index in [4.69, 9.17) is 4.74 Å². The predicted molar refractivity (Wildman–Crippen MR) is 52.9 cm³/mol. The number of carbonyl (C=O) groups excluding carboxylic acids is 1. The van der Waals surface area contributed by atoms with Gasteiger partial charge < -0.3 is 15.4 Å². The topological polar surface area (TPSA) is 50.4 Å². The van der Waals surface area contributed by atoms with Gasteiger partial charge in [0.15, 0.2) is 0 Å². The zero-order chi connectivity index (χ0) is 9.97. The molecule has 1 saturated carbocycles. The summed E-state index contributed by atoms with van der Waals surface area (Å²) in [5.74, 6) is 0.778. The Hall–Kier alpha value is -0.610. The first-order valence-corrected chi connectivity index (χ1v) is 5.29. The summed E-state index contributed by atoms with van der Waals surface area (Å²) in [7, 11) is 1.55. The van der Waals surface area contributed by atoms with Gasteiger partial charge >= 0.3 is 0 Å².